The highest BCUT2D eigenvalue weighted by Gasteiger charge is 2.52. The molecule has 3 rings (SSSR count). The van der Waals surface area contributed by atoms with Crippen molar-refractivity contribution in [3.05, 3.63) is 45.9 Å². The smallest absolute Gasteiger partial charge is 0.255 e. The number of carbonyl (C=O) groups is 2. The van der Waals surface area contributed by atoms with E-state index in [1.807, 2.05) is 19.9 Å². The number of hydrogen-bond donors (Lipinski definition) is 0. The van der Waals surface area contributed by atoms with Gasteiger partial charge >= 0.3 is 0 Å². The highest BCUT2D eigenvalue weighted by molar-refractivity contribution is 6.04. The largest absolute Gasteiger partial charge is 0.337 e. The number of hydrogen-bond acceptors (Lipinski definition) is 4. The van der Waals surface area contributed by atoms with E-state index in [9.17, 15) is 19.6 Å². The fraction of sp³-hybridized carbons (Fsp3) is 0.444. The summed E-state index contributed by atoms with van der Waals surface area (Å²) in [5, 5.41) is 9.20. The summed E-state index contributed by atoms with van der Waals surface area (Å²) in [6.45, 7) is 4.66. The molecule has 1 aromatic rings. The van der Waals surface area contributed by atoms with Gasteiger partial charge in [-0.2, -0.15) is 5.26 Å². The van der Waals surface area contributed by atoms with Gasteiger partial charge in [-0.1, -0.05) is 19.9 Å². The lowest BCUT2D eigenvalue weighted by Gasteiger charge is -2.53. The number of likely N-dealkylation sites (tertiary alicyclic amines) is 1. The van der Waals surface area contributed by atoms with Crippen LogP contribution in [0.5, 0.6) is 0 Å². The number of aromatic nitrogens is 1. The van der Waals surface area contributed by atoms with Gasteiger partial charge < -0.3 is 9.47 Å². The number of carbonyl (C=O) groups excluding carboxylic acids is 2. The Kier molecular flexibility index (Phi) is 3.48. The van der Waals surface area contributed by atoms with Gasteiger partial charge in [0.05, 0.1) is 11.1 Å². The molecule has 6 heteroatoms. The molecule has 0 bridgehead atoms. The van der Waals surface area contributed by atoms with Crippen molar-refractivity contribution in [2.75, 3.05) is 13.1 Å². The van der Waals surface area contributed by atoms with E-state index in [-0.39, 0.29) is 28.2 Å². The first kappa shape index (κ1) is 16.2. The van der Waals surface area contributed by atoms with Crippen LogP contribution in [0.25, 0.3) is 0 Å². The highest BCUT2D eigenvalue weighted by Crippen LogP contribution is 2.48. The summed E-state index contributed by atoms with van der Waals surface area (Å²) in [7, 11) is 1.61. The summed E-state index contributed by atoms with van der Waals surface area (Å²) >= 11 is 0. The molecule has 1 fully saturated rings. The van der Waals surface area contributed by atoms with Gasteiger partial charge in [-0.05, 0) is 12.5 Å². The summed E-state index contributed by atoms with van der Waals surface area (Å²) in [5.41, 5.74) is -0.409. The molecule has 124 valence electrons. The summed E-state index contributed by atoms with van der Waals surface area (Å²) < 4.78 is 1.37. The summed E-state index contributed by atoms with van der Waals surface area (Å²) in [4.78, 5) is 37.9. The molecule has 0 unspecified atom stereocenters. The third kappa shape index (κ3) is 2.46. The van der Waals surface area contributed by atoms with Crippen LogP contribution in [0.15, 0.2) is 34.8 Å². The van der Waals surface area contributed by atoms with E-state index in [1.54, 1.807) is 18.0 Å². The number of pyridine rings is 1. The predicted octanol–water partition coefficient (Wildman–Crippen LogP) is 1.28. The van der Waals surface area contributed by atoms with Crippen LogP contribution in [0.2, 0.25) is 0 Å². The number of amides is 1. The van der Waals surface area contributed by atoms with Gasteiger partial charge in [0, 0.05) is 43.2 Å². The minimum Gasteiger partial charge on any atom is -0.337 e. The molecule has 1 spiro atoms. The maximum atomic E-state index is 12.6. The van der Waals surface area contributed by atoms with Crippen LogP contribution in [0.1, 0.15) is 30.6 Å². The number of Topliss-reactive ketones (excluding diaryl/α,β-unsaturated/α-hetero) is 1. The van der Waals surface area contributed by atoms with E-state index in [4.69, 9.17) is 0 Å². The Morgan fingerprint density at radius 2 is 1.92 bits per heavy atom. The van der Waals surface area contributed by atoms with E-state index >= 15 is 0 Å². The number of aryl methyl sites for hydroxylation is 1. The molecular formula is C18H19N3O3. The van der Waals surface area contributed by atoms with Gasteiger partial charge in [-0.25, -0.2) is 0 Å². The Balaban J connectivity index is 1.81. The number of rotatable bonds is 1. The highest BCUT2D eigenvalue weighted by atomic mass is 16.2. The van der Waals surface area contributed by atoms with Crippen LogP contribution in [0.3, 0.4) is 0 Å². The van der Waals surface area contributed by atoms with Crippen molar-refractivity contribution in [3.8, 4) is 6.07 Å². The molecule has 6 nitrogen and oxygen atoms in total. The van der Waals surface area contributed by atoms with Crippen LogP contribution < -0.4 is 5.56 Å². The summed E-state index contributed by atoms with van der Waals surface area (Å²) in [6.07, 6.45) is 3.90. The maximum Gasteiger partial charge on any atom is 0.255 e. The Morgan fingerprint density at radius 3 is 2.50 bits per heavy atom. The summed E-state index contributed by atoms with van der Waals surface area (Å²) in [5.74, 6) is -0.267. The molecule has 0 atom stereocenters. The standard InChI is InChI=1S/C18H19N3O3/c1-17(2)9-18(6-13(7-19)15(17)23)10-21(11-18)16(24)12-4-5-14(22)20(3)8-12/h4-6,8H,9-11H2,1-3H3. The van der Waals surface area contributed by atoms with E-state index in [2.05, 4.69) is 0 Å². The lowest BCUT2D eigenvalue weighted by Crippen LogP contribution is -2.60. The molecule has 2 aliphatic rings. The van der Waals surface area contributed by atoms with Gasteiger partial charge in [-0.15, -0.1) is 0 Å². The first-order valence-corrected chi connectivity index (χ1v) is 7.81. The fourth-order valence-electron chi connectivity index (χ4n) is 3.79. The van der Waals surface area contributed by atoms with Crippen molar-refractivity contribution in [1.29, 1.82) is 5.26 Å². The topological polar surface area (TPSA) is 83.2 Å². The second-order valence-corrected chi connectivity index (χ2v) is 7.45. The van der Waals surface area contributed by atoms with Crippen LogP contribution in [-0.2, 0) is 11.8 Å². The molecule has 2 heterocycles. The number of nitriles is 1. The van der Waals surface area contributed by atoms with Crippen molar-refractivity contribution in [3.63, 3.8) is 0 Å². The first-order valence-electron chi connectivity index (χ1n) is 7.81. The molecule has 1 amide bonds. The second-order valence-electron chi connectivity index (χ2n) is 7.45. The molecule has 0 aromatic carbocycles. The first-order chi connectivity index (χ1) is 11.2. The molecule has 0 N–H and O–H groups in total. The number of ketones is 1. The second kappa shape index (κ2) is 5.17. The van der Waals surface area contributed by atoms with Crippen molar-refractivity contribution < 1.29 is 9.59 Å². The molecular weight excluding hydrogens is 306 g/mol. The normalized spacial score (nSPS) is 21.0. The Hall–Kier alpha value is -2.68. The Labute approximate surface area is 140 Å². The Morgan fingerprint density at radius 1 is 1.25 bits per heavy atom. The SMILES string of the molecule is Cn1cc(C(=O)N2CC3(C=C(C#N)C(=O)C(C)(C)C3)C2)ccc1=O. The van der Waals surface area contributed by atoms with E-state index in [1.165, 1.54) is 22.9 Å². The van der Waals surface area contributed by atoms with Crippen molar-refractivity contribution in [2.24, 2.45) is 17.9 Å². The monoisotopic (exact) mass is 325 g/mol. The summed E-state index contributed by atoms with van der Waals surface area (Å²) in [6, 6.07) is 4.89. The minimum absolute atomic E-state index is 0.126. The average molecular weight is 325 g/mol. The molecule has 1 aliphatic heterocycles. The molecule has 1 aliphatic carbocycles. The van der Waals surface area contributed by atoms with Gasteiger partial charge in [0.15, 0.2) is 5.78 Å². The van der Waals surface area contributed by atoms with Gasteiger partial charge in [0.25, 0.3) is 5.91 Å². The van der Waals surface area contributed by atoms with Crippen LogP contribution in [0, 0.1) is 22.2 Å². The van der Waals surface area contributed by atoms with Crippen LogP contribution in [-0.4, -0.2) is 34.2 Å². The molecule has 0 saturated carbocycles. The van der Waals surface area contributed by atoms with Crippen molar-refractivity contribution >= 4 is 11.7 Å². The zero-order valence-electron chi connectivity index (χ0n) is 14.0. The van der Waals surface area contributed by atoms with Crippen molar-refractivity contribution in [1.82, 2.24) is 9.47 Å². The lowest BCUT2D eigenvalue weighted by molar-refractivity contribution is -0.127. The zero-order chi connectivity index (χ0) is 17.7. The third-order valence-corrected chi connectivity index (χ3v) is 4.86. The molecule has 24 heavy (non-hydrogen) atoms. The zero-order valence-corrected chi connectivity index (χ0v) is 14.0. The fourth-order valence-corrected chi connectivity index (χ4v) is 3.79. The average Bonchev–Trinajstić information content (AvgIpc) is 2.49. The van der Waals surface area contributed by atoms with E-state index in [0.29, 0.717) is 25.1 Å². The molecule has 0 radical (unpaired) electrons. The van der Waals surface area contributed by atoms with Gasteiger partial charge in [0.1, 0.15) is 6.07 Å². The van der Waals surface area contributed by atoms with Gasteiger partial charge in [0.2, 0.25) is 5.56 Å². The minimum atomic E-state index is -0.592. The predicted molar refractivity (Wildman–Crippen MR) is 87.1 cm³/mol. The third-order valence-electron chi connectivity index (χ3n) is 4.86. The number of nitrogens with zero attached hydrogens (tertiary/aromatic N) is 3. The molecule has 1 saturated heterocycles. The quantitative estimate of drug-likeness (QED) is 0.778. The van der Waals surface area contributed by atoms with Gasteiger partial charge in [-0.3, -0.25) is 14.4 Å². The van der Waals surface area contributed by atoms with Crippen molar-refractivity contribution in [2.45, 2.75) is 20.3 Å². The van der Waals surface area contributed by atoms with Crippen LogP contribution in [0.4, 0.5) is 0 Å². The van der Waals surface area contributed by atoms with E-state index in [0.717, 1.165) is 0 Å². The van der Waals surface area contributed by atoms with Crippen LogP contribution >= 0.6 is 0 Å². The molecule has 1 aromatic heterocycles. The number of allylic oxidation sites excluding steroid dienone is 1. The lowest BCUT2D eigenvalue weighted by atomic mass is 9.61. The van der Waals surface area contributed by atoms with E-state index < -0.39 is 5.41 Å². The Bertz CT molecular complexity index is 864. The maximum absolute atomic E-state index is 12.6.